The molecule has 2 nitrogen and oxygen atoms in total. The van der Waals surface area contributed by atoms with Crippen molar-refractivity contribution in [3.05, 3.63) is 48.6 Å². The predicted octanol–water partition coefficient (Wildman–Crippen LogP) is 2.94. The monoisotopic (exact) mass is 229 g/mol. The molecule has 0 heterocycles. The predicted molar refractivity (Wildman–Crippen MR) is 69.2 cm³/mol. The number of allylic oxidation sites excluding steroid dienone is 1. The van der Waals surface area contributed by atoms with E-state index in [-0.39, 0.29) is 11.3 Å². The molecule has 2 atom stereocenters. The fourth-order valence-electron chi connectivity index (χ4n) is 1.89. The fourth-order valence-corrected chi connectivity index (χ4v) is 1.89. The van der Waals surface area contributed by atoms with Gasteiger partial charge in [0.25, 0.3) is 0 Å². The number of aliphatic hydroxyl groups is 1. The molecule has 1 aromatic rings. The normalized spacial score (nSPS) is 14.7. The van der Waals surface area contributed by atoms with Crippen LogP contribution in [0.25, 0.3) is 0 Å². The molecule has 0 fully saturated rings. The largest absolute Gasteiger partial charge is 0.378 e. The molecule has 17 heavy (non-hydrogen) atoms. The van der Waals surface area contributed by atoms with Gasteiger partial charge in [-0.05, 0) is 17.4 Å². The Kier molecular flexibility index (Phi) is 4.48. The molecule has 0 amide bonds. The lowest BCUT2D eigenvalue weighted by atomic mass is 9.73. The van der Waals surface area contributed by atoms with Gasteiger partial charge in [-0.15, -0.1) is 6.58 Å². The highest BCUT2D eigenvalue weighted by Crippen LogP contribution is 2.33. The zero-order valence-corrected chi connectivity index (χ0v) is 10.4. The van der Waals surface area contributed by atoms with E-state index in [4.69, 9.17) is 5.26 Å². The van der Waals surface area contributed by atoms with E-state index in [1.54, 1.807) is 6.08 Å². The van der Waals surface area contributed by atoms with Crippen molar-refractivity contribution in [1.29, 1.82) is 5.26 Å². The summed E-state index contributed by atoms with van der Waals surface area (Å²) >= 11 is 0. The van der Waals surface area contributed by atoms with Gasteiger partial charge in [-0.3, -0.25) is 0 Å². The van der Waals surface area contributed by atoms with Crippen molar-refractivity contribution in [3.63, 3.8) is 0 Å². The Morgan fingerprint density at radius 3 is 2.47 bits per heavy atom. The third-order valence-corrected chi connectivity index (χ3v) is 3.29. The highest BCUT2D eigenvalue weighted by Gasteiger charge is 2.32. The third-order valence-electron chi connectivity index (χ3n) is 3.29. The molecule has 0 saturated carbocycles. The van der Waals surface area contributed by atoms with Crippen molar-refractivity contribution < 1.29 is 5.11 Å². The molecule has 1 aromatic carbocycles. The molecule has 0 aliphatic heterocycles. The first kappa shape index (κ1) is 13.5. The Hall–Kier alpha value is -1.59. The Bertz CT molecular complexity index is 403. The van der Waals surface area contributed by atoms with Gasteiger partial charge < -0.3 is 5.11 Å². The van der Waals surface area contributed by atoms with Crippen LogP contribution < -0.4 is 0 Å². The van der Waals surface area contributed by atoms with Crippen LogP contribution >= 0.6 is 0 Å². The van der Waals surface area contributed by atoms with Crippen molar-refractivity contribution in [2.75, 3.05) is 0 Å². The van der Waals surface area contributed by atoms with Gasteiger partial charge in [0.05, 0.1) is 6.07 Å². The zero-order valence-electron chi connectivity index (χ0n) is 10.4. The van der Waals surface area contributed by atoms with Crippen LogP contribution in [0.4, 0.5) is 0 Å². The molecular weight excluding hydrogens is 210 g/mol. The number of rotatable bonds is 5. The van der Waals surface area contributed by atoms with E-state index >= 15 is 0 Å². The van der Waals surface area contributed by atoms with Crippen molar-refractivity contribution in [1.82, 2.24) is 0 Å². The van der Waals surface area contributed by atoms with Gasteiger partial charge in [-0.25, -0.2) is 0 Å². The molecule has 0 aliphatic rings. The lowest BCUT2D eigenvalue weighted by molar-refractivity contribution is 0.0970. The van der Waals surface area contributed by atoms with Gasteiger partial charge in [0, 0.05) is 5.92 Å². The molecule has 0 radical (unpaired) electrons. The zero-order chi connectivity index (χ0) is 12.9. The SMILES string of the molecule is C=CC(C)(C)[C@H](Cc1ccccc1)[C@H](O)C#N. The molecule has 2 heteroatoms. The summed E-state index contributed by atoms with van der Waals surface area (Å²) in [6, 6.07) is 11.8. The minimum Gasteiger partial charge on any atom is -0.378 e. The second kappa shape index (κ2) is 5.65. The highest BCUT2D eigenvalue weighted by molar-refractivity contribution is 5.17. The van der Waals surface area contributed by atoms with Crippen LogP contribution in [0, 0.1) is 22.7 Å². The first-order valence-corrected chi connectivity index (χ1v) is 5.76. The van der Waals surface area contributed by atoms with Crippen molar-refractivity contribution in [2.45, 2.75) is 26.4 Å². The van der Waals surface area contributed by atoms with Gasteiger partial charge in [0.1, 0.15) is 6.10 Å². The second-order valence-corrected chi connectivity index (χ2v) is 4.90. The summed E-state index contributed by atoms with van der Waals surface area (Å²) in [5.74, 6) is -0.146. The molecule has 0 saturated heterocycles. The van der Waals surface area contributed by atoms with E-state index in [1.807, 2.05) is 50.2 Å². The maximum atomic E-state index is 9.84. The van der Waals surface area contributed by atoms with Gasteiger partial charge >= 0.3 is 0 Å². The van der Waals surface area contributed by atoms with Crippen LogP contribution in [0.15, 0.2) is 43.0 Å². The minimum atomic E-state index is -0.969. The summed E-state index contributed by atoms with van der Waals surface area (Å²) in [6.45, 7) is 7.78. The summed E-state index contributed by atoms with van der Waals surface area (Å²) in [5.41, 5.74) is 0.854. The molecule has 90 valence electrons. The van der Waals surface area contributed by atoms with Crippen LogP contribution in [0.5, 0.6) is 0 Å². The lowest BCUT2D eigenvalue weighted by Crippen LogP contribution is -2.33. The molecule has 1 N–H and O–H groups in total. The summed E-state index contributed by atoms with van der Waals surface area (Å²) in [6.07, 6.45) is 1.51. The van der Waals surface area contributed by atoms with Crippen LogP contribution in [0.2, 0.25) is 0 Å². The van der Waals surface area contributed by atoms with Gasteiger partial charge in [-0.2, -0.15) is 5.26 Å². The average Bonchev–Trinajstić information content (AvgIpc) is 2.36. The van der Waals surface area contributed by atoms with Gasteiger partial charge in [-0.1, -0.05) is 50.3 Å². The minimum absolute atomic E-state index is 0.146. The standard InChI is InChI=1S/C15H19NO/c1-4-15(2,3)13(14(17)11-16)10-12-8-6-5-7-9-12/h4-9,13-14,17H,1,10H2,2-3H3/t13-,14-/m1/s1. The number of hydrogen-bond acceptors (Lipinski definition) is 2. The van der Waals surface area contributed by atoms with E-state index in [2.05, 4.69) is 6.58 Å². The molecule has 0 spiro atoms. The van der Waals surface area contributed by atoms with E-state index in [9.17, 15) is 5.11 Å². The second-order valence-electron chi connectivity index (χ2n) is 4.90. The Morgan fingerprint density at radius 2 is 2.00 bits per heavy atom. The lowest BCUT2D eigenvalue weighted by Gasteiger charge is -2.32. The maximum absolute atomic E-state index is 9.84. The fraction of sp³-hybridized carbons (Fsp3) is 0.400. The number of benzene rings is 1. The number of aliphatic hydroxyl groups excluding tert-OH is 1. The van der Waals surface area contributed by atoms with Gasteiger partial charge in [0.15, 0.2) is 0 Å². The molecule has 0 aromatic heterocycles. The third kappa shape index (κ3) is 3.44. The quantitative estimate of drug-likeness (QED) is 0.623. The van der Waals surface area contributed by atoms with Crippen LogP contribution in [-0.4, -0.2) is 11.2 Å². The topological polar surface area (TPSA) is 44.0 Å². The van der Waals surface area contributed by atoms with Crippen LogP contribution in [-0.2, 0) is 6.42 Å². The summed E-state index contributed by atoms with van der Waals surface area (Å²) in [5, 5.41) is 18.7. The average molecular weight is 229 g/mol. The Balaban J connectivity index is 2.94. The number of nitrogens with zero attached hydrogens (tertiary/aromatic N) is 1. The van der Waals surface area contributed by atoms with Crippen molar-refractivity contribution in [3.8, 4) is 6.07 Å². The molecule has 0 bridgehead atoms. The Morgan fingerprint density at radius 1 is 1.41 bits per heavy atom. The highest BCUT2D eigenvalue weighted by atomic mass is 16.3. The van der Waals surface area contributed by atoms with E-state index < -0.39 is 6.10 Å². The first-order chi connectivity index (χ1) is 8.01. The number of hydrogen-bond donors (Lipinski definition) is 1. The molecular formula is C15H19NO. The van der Waals surface area contributed by atoms with E-state index in [0.29, 0.717) is 6.42 Å². The summed E-state index contributed by atoms with van der Waals surface area (Å²) < 4.78 is 0. The van der Waals surface area contributed by atoms with Gasteiger partial charge in [0.2, 0.25) is 0 Å². The van der Waals surface area contributed by atoms with Crippen molar-refractivity contribution in [2.24, 2.45) is 11.3 Å². The molecule has 1 rings (SSSR count). The Labute approximate surface area is 103 Å². The molecule has 0 unspecified atom stereocenters. The summed E-state index contributed by atoms with van der Waals surface area (Å²) in [4.78, 5) is 0. The van der Waals surface area contributed by atoms with E-state index in [0.717, 1.165) is 5.56 Å². The van der Waals surface area contributed by atoms with E-state index in [1.165, 1.54) is 0 Å². The smallest absolute Gasteiger partial charge is 0.144 e. The van der Waals surface area contributed by atoms with Crippen LogP contribution in [0.1, 0.15) is 19.4 Å². The van der Waals surface area contributed by atoms with Crippen LogP contribution in [0.3, 0.4) is 0 Å². The number of nitriles is 1. The molecule has 0 aliphatic carbocycles. The van der Waals surface area contributed by atoms with Crippen molar-refractivity contribution >= 4 is 0 Å². The first-order valence-electron chi connectivity index (χ1n) is 5.76. The maximum Gasteiger partial charge on any atom is 0.144 e. The summed E-state index contributed by atoms with van der Waals surface area (Å²) in [7, 11) is 0.